The lowest BCUT2D eigenvalue weighted by Crippen LogP contribution is -1.94. The zero-order valence-electron chi connectivity index (χ0n) is 10.2. The average Bonchev–Trinajstić information content (AvgIpc) is 2.70. The second kappa shape index (κ2) is 4.65. The largest absolute Gasteiger partial charge is 0.383 e. The molecule has 0 fully saturated rings. The number of halogens is 2. The highest BCUT2D eigenvalue weighted by Crippen LogP contribution is 2.32. The van der Waals surface area contributed by atoms with E-state index in [4.69, 9.17) is 5.73 Å². The lowest BCUT2D eigenvalue weighted by atomic mass is 10.1. The van der Waals surface area contributed by atoms with Crippen LogP contribution in [0, 0.1) is 6.92 Å². The minimum Gasteiger partial charge on any atom is -0.383 e. The Bertz CT molecular complexity index is 778. The molecule has 0 aliphatic rings. The van der Waals surface area contributed by atoms with E-state index in [-0.39, 0.29) is 0 Å². The highest BCUT2D eigenvalue weighted by molar-refractivity contribution is 9.13. The Kier molecular flexibility index (Phi) is 3.11. The number of hydrogen-bond acceptors (Lipinski definition) is 2. The van der Waals surface area contributed by atoms with Gasteiger partial charge in [0, 0.05) is 20.7 Å². The fourth-order valence-corrected chi connectivity index (χ4v) is 2.65. The smallest absolute Gasteiger partial charge is 0.139 e. The second-order valence-electron chi connectivity index (χ2n) is 4.41. The Morgan fingerprint density at radius 1 is 1.11 bits per heavy atom. The summed E-state index contributed by atoms with van der Waals surface area (Å²) in [6, 6.07) is 10.0. The predicted molar refractivity (Wildman–Crippen MR) is 85.2 cm³/mol. The molecule has 0 saturated carbocycles. The summed E-state index contributed by atoms with van der Waals surface area (Å²) in [5, 5.41) is 0. The monoisotopic (exact) mass is 379 g/mol. The molecule has 0 bridgehead atoms. The van der Waals surface area contributed by atoms with Crippen molar-refractivity contribution in [3.05, 3.63) is 51.0 Å². The number of fused-ring (bicyclic) bond motifs is 1. The number of nitrogen functional groups attached to an aromatic ring is 1. The van der Waals surface area contributed by atoms with Crippen molar-refractivity contribution in [3.63, 3.8) is 0 Å². The van der Waals surface area contributed by atoms with Crippen LogP contribution < -0.4 is 5.73 Å². The van der Waals surface area contributed by atoms with Crippen molar-refractivity contribution < 1.29 is 0 Å². The maximum Gasteiger partial charge on any atom is 0.139 e. The fourth-order valence-electron chi connectivity index (χ4n) is 2.02. The summed E-state index contributed by atoms with van der Waals surface area (Å²) in [5.41, 5.74) is 10.0. The van der Waals surface area contributed by atoms with Gasteiger partial charge in [0.25, 0.3) is 0 Å². The number of anilines is 1. The van der Waals surface area contributed by atoms with Gasteiger partial charge in [-0.05, 0) is 68.6 Å². The molecular formula is C14H11Br2N3. The third kappa shape index (κ3) is 2.17. The van der Waals surface area contributed by atoms with Gasteiger partial charge in [0.15, 0.2) is 0 Å². The van der Waals surface area contributed by atoms with E-state index in [0.29, 0.717) is 5.82 Å². The van der Waals surface area contributed by atoms with Gasteiger partial charge in [-0.15, -0.1) is 0 Å². The predicted octanol–water partition coefficient (Wildman–Crippen LogP) is 4.42. The molecule has 1 aromatic carbocycles. The van der Waals surface area contributed by atoms with E-state index >= 15 is 0 Å². The first-order valence-corrected chi connectivity index (χ1v) is 7.34. The number of hydrogen-bond donors (Lipinski definition) is 1. The molecule has 0 amide bonds. The van der Waals surface area contributed by atoms with Crippen LogP contribution in [0.15, 0.2) is 45.5 Å². The number of aryl methyl sites for hydroxylation is 1. The summed E-state index contributed by atoms with van der Waals surface area (Å²) in [5.74, 6) is 0.657. The van der Waals surface area contributed by atoms with Gasteiger partial charge < -0.3 is 5.73 Å². The van der Waals surface area contributed by atoms with Crippen molar-refractivity contribution in [1.29, 1.82) is 0 Å². The van der Waals surface area contributed by atoms with Crippen molar-refractivity contribution in [2.45, 2.75) is 6.92 Å². The molecule has 96 valence electrons. The van der Waals surface area contributed by atoms with Gasteiger partial charge in [-0.25, -0.2) is 4.98 Å². The van der Waals surface area contributed by atoms with Gasteiger partial charge in [-0.3, -0.25) is 4.40 Å². The summed E-state index contributed by atoms with van der Waals surface area (Å²) >= 11 is 6.96. The van der Waals surface area contributed by atoms with Gasteiger partial charge in [0.05, 0.1) is 0 Å². The molecule has 3 nitrogen and oxygen atoms in total. The first-order valence-electron chi connectivity index (χ1n) is 5.76. The van der Waals surface area contributed by atoms with Crippen molar-refractivity contribution in [2.24, 2.45) is 0 Å². The first-order chi connectivity index (χ1) is 9.06. The molecular weight excluding hydrogens is 370 g/mol. The van der Waals surface area contributed by atoms with Crippen molar-refractivity contribution in [1.82, 2.24) is 9.38 Å². The molecule has 0 radical (unpaired) electrons. The van der Waals surface area contributed by atoms with E-state index in [1.54, 1.807) is 0 Å². The normalized spacial score (nSPS) is 11.1. The molecule has 0 saturated heterocycles. The molecule has 0 unspecified atom stereocenters. The molecule has 0 aliphatic carbocycles. The third-order valence-electron chi connectivity index (χ3n) is 3.01. The van der Waals surface area contributed by atoms with Crippen molar-refractivity contribution >= 4 is 43.3 Å². The van der Waals surface area contributed by atoms with Crippen LogP contribution in [0.1, 0.15) is 5.56 Å². The molecule has 2 heterocycles. The number of nitrogens with two attached hydrogens (primary N) is 1. The molecule has 0 atom stereocenters. The van der Waals surface area contributed by atoms with Crippen LogP contribution in [0.3, 0.4) is 0 Å². The van der Waals surface area contributed by atoms with Crippen molar-refractivity contribution in [3.8, 4) is 11.3 Å². The Hall–Kier alpha value is -1.33. The number of pyridine rings is 1. The van der Waals surface area contributed by atoms with Crippen LogP contribution >= 0.6 is 31.9 Å². The number of imidazole rings is 1. The van der Waals surface area contributed by atoms with Gasteiger partial charge >= 0.3 is 0 Å². The SMILES string of the molecule is Cc1ccn2c(N)c(-c3ccc(Br)c(Br)c3)nc2c1. The second-order valence-corrected chi connectivity index (χ2v) is 6.12. The number of aromatic nitrogens is 2. The molecule has 2 N–H and O–H groups in total. The summed E-state index contributed by atoms with van der Waals surface area (Å²) in [6.45, 7) is 2.04. The summed E-state index contributed by atoms with van der Waals surface area (Å²) in [7, 11) is 0. The van der Waals surface area contributed by atoms with Crippen molar-refractivity contribution in [2.75, 3.05) is 5.73 Å². The minimum atomic E-state index is 0.657. The summed E-state index contributed by atoms with van der Waals surface area (Å²) in [6.07, 6.45) is 1.95. The Morgan fingerprint density at radius 2 is 1.89 bits per heavy atom. The molecule has 0 spiro atoms. The maximum absolute atomic E-state index is 6.18. The first kappa shape index (κ1) is 12.7. The van der Waals surface area contributed by atoms with Crippen LogP contribution in [0.2, 0.25) is 0 Å². The number of rotatable bonds is 1. The minimum absolute atomic E-state index is 0.657. The Balaban J connectivity index is 2.24. The van der Waals surface area contributed by atoms with Gasteiger partial charge in [-0.2, -0.15) is 0 Å². The quantitative estimate of drug-likeness (QED) is 0.679. The van der Waals surface area contributed by atoms with Crippen LogP contribution in [-0.2, 0) is 0 Å². The van der Waals surface area contributed by atoms with Crippen LogP contribution in [0.25, 0.3) is 16.9 Å². The molecule has 0 aliphatic heterocycles. The van der Waals surface area contributed by atoms with E-state index in [0.717, 1.165) is 25.8 Å². The van der Waals surface area contributed by atoms with E-state index in [1.165, 1.54) is 5.56 Å². The zero-order valence-corrected chi connectivity index (χ0v) is 13.4. The van der Waals surface area contributed by atoms with E-state index in [9.17, 15) is 0 Å². The third-order valence-corrected chi connectivity index (χ3v) is 4.89. The fraction of sp³-hybridized carbons (Fsp3) is 0.0714. The number of benzene rings is 1. The number of nitrogens with zero attached hydrogens (tertiary/aromatic N) is 2. The summed E-state index contributed by atoms with van der Waals surface area (Å²) < 4.78 is 3.89. The van der Waals surface area contributed by atoms with E-state index in [2.05, 4.69) is 36.8 Å². The van der Waals surface area contributed by atoms with Crippen LogP contribution in [0.5, 0.6) is 0 Å². The Morgan fingerprint density at radius 3 is 2.63 bits per heavy atom. The summed E-state index contributed by atoms with van der Waals surface area (Å²) in [4.78, 5) is 4.62. The molecule has 3 rings (SSSR count). The van der Waals surface area contributed by atoms with E-state index < -0.39 is 0 Å². The van der Waals surface area contributed by atoms with Gasteiger partial charge in [0.1, 0.15) is 17.2 Å². The molecule has 5 heteroatoms. The zero-order chi connectivity index (χ0) is 13.6. The highest BCUT2D eigenvalue weighted by Gasteiger charge is 2.12. The topological polar surface area (TPSA) is 43.3 Å². The molecule has 19 heavy (non-hydrogen) atoms. The van der Waals surface area contributed by atoms with Crippen LogP contribution in [-0.4, -0.2) is 9.38 Å². The molecule has 2 aromatic heterocycles. The molecule has 3 aromatic rings. The van der Waals surface area contributed by atoms with E-state index in [1.807, 2.05) is 47.9 Å². The average molecular weight is 381 g/mol. The lowest BCUT2D eigenvalue weighted by molar-refractivity contribution is 1.18. The lowest BCUT2D eigenvalue weighted by Gasteiger charge is -2.02. The standard InChI is InChI=1S/C14H11Br2N3/c1-8-4-5-19-12(6-8)18-13(14(19)17)9-2-3-10(15)11(16)7-9/h2-7H,17H2,1H3. The van der Waals surface area contributed by atoms with Gasteiger partial charge in [-0.1, -0.05) is 6.07 Å². The Labute approximate surface area is 127 Å². The maximum atomic E-state index is 6.18. The van der Waals surface area contributed by atoms with Gasteiger partial charge in [0.2, 0.25) is 0 Å². The highest BCUT2D eigenvalue weighted by atomic mass is 79.9. The van der Waals surface area contributed by atoms with Crippen LogP contribution in [0.4, 0.5) is 5.82 Å².